The van der Waals surface area contributed by atoms with Crippen molar-refractivity contribution >= 4 is 18.3 Å². The lowest BCUT2D eigenvalue weighted by Gasteiger charge is -2.34. The molecule has 1 aliphatic rings. The molecular weight excluding hydrogens is 276 g/mol. The summed E-state index contributed by atoms with van der Waals surface area (Å²) >= 11 is 0. The fourth-order valence-corrected chi connectivity index (χ4v) is 2.48. The highest BCUT2D eigenvalue weighted by Gasteiger charge is 2.27. The molecule has 0 bridgehead atoms. The molecule has 6 heteroatoms. The van der Waals surface area contributed by atoms with Crippen LogP contribution in [0.2, 0.25) is 0 Å². The summed E-state index contributed by atoms with van der Waals surface area (Å²) in [6.45, 7) is 7.55. The number of carbonyl (C=O) groups is 1. The Hall–Kier alpha value is -1.07. The molecule has 1 aliphatic heterocycles. The first-order valence-corrected chi connectivity index (χ1v) is 6.99. The molecule has 2 N–H and O–H groups in total. The molecule has 1 atom stereocenters. The summed E-state index contributed by atoms with van der Waals surface area (Å²) in [6, 6.07) is 0.180. The monoisotopic (exact) mass is 300 g/mol. The quantitative estimate of drug-likeness (QED) is 0.909. The first-order valence-electron chi connectivity index (χ1n) is 6.99. The van der Waals surface area contributed by atoms with E-state index in [2.05, 4.69) is 25.9 Å². The van der Waals surface area contributed by atoms with Gasteiger partial charge in [-0.1, -0.05) is 0 Å². The number of amides is 1. The average molecular weight is 301 g/mol. The van der Waals surface area contributed by atoms with Crippen molar-refractivity contribution in [3.05, 3.63) is 18.0 Å². The van der Waals surface area contributed by atoms with Crippen LogP contribution in [-0.2, 0) is 5.54 Å². The van der Waals surface area contributed by atoms with Gasteiger partial charge in [-0.3, -0.25) is 9.48 Å². The fraction of sp³-hybridized carbons (Fsp3) is 0.714. The maximum Gasteiger partial charge on any atom is 0.257 e. The number of piperidine rings is 1. The maximum atomic E-state index is 12.5. The molecule has 2 rings (SSSR count). The summed E-state index contributed by atoms with van der Waals surface area (Å²) in [4.78, 5) is 14.4. The Labute approximate surface area is 126 Å². The third-order valence-corrected chi connectivity index (χ3v) is 3.68. The van der Waals surface area contributed by atoms with E-state index in [1.165, 1.54) is 0 Å². The van der Waals surface area contributed by atoms with E-state index in [1.807, 2.05) is 15.8 Å². The van der Waals surface area contributed by atoms with E-state index >= 15 is 0 Å². The maximum absolute atomic E-state index is 12.5. The van der Waals surface area contributed by atoms with Gasteiger partial charge in [-0.05, 0) is 40.0 Å². The van der Waals surface area contributed by atoms with Crippen molar-refractivity contribution in [1.29, 1.82) is 0 Å². The standard InChI is InChI=1S/C14H24N4O.ClH/c1-14(2,3)18-10-11(9-16-18)13(19)17-7-5-4-6-12(17)8-15;/h9-10,12H,4-8,15H2,1-3H3;1H. The molecule has 1 aromatic rings. The third kappa shape index (κ3) is 3.52. The Kier molecular flexibility index (Phi) is 5.59. The molecule has 5 nitrogen and oxygen atoms in total. The van der Waals surface area contributed by atoms with Crippen molar-refractivity contribution in [3.8, 4) is 0 Å². The topological polar surface area (TPSA) is 64.2 Å². The second-order valence-electron chi connectivity index (χ2n) is 6.23. The minimum Gasteiger partial charge on any atom is -0.334 e. The van der Waals surface area contributed by atoms with Crippen LogP contribution in [0.25, 0.3) is 0 Å². The van der Waals surface area contributed by atoms with Crippen LogP contribution in [0.15, 0.2) is 12.4 Å². The molecule has 1 saturated heterocycles. The highest BCUT2D eigenvalue weighted by atomic mass is 35.5. The van der Waals surface area contributed by atoms with Gasteiger partial charge in [0.05, 0.1) is 17.3 Å². The van der Waals surface area contributed by atoms with E-state index < -0.39 is 0 Å². The number of hydrogen-bond acceptors (Lipinski definition) is 3. The minimum atomic E-state index is -0.103. The lowest BCUT2D eigenvalue weighted by atomic mass is 10.0. The van der Waals surface area contributed by atoms with Crippen molar-refractivity contribution in [3.63, 3.8) is 0 Å². The van der Waals surface area contributed by atoms with Crippen molar-refractivity contribution < 1.29 is 4.79 Å². The molecule has 1 unspecified atom stereocenters. The van der Waals surface area contributed by atoms with Crippen LogP contribution in [-0.4, -0.2) is 39.7 Å². The molecule has 0 aliphatic carbocycles. The minimum absolute atomic E-state index is 0. The van der Waals surface area contributed by atoms with Gasteiger partial charge < -0.3 is 10.6 Å². The molecule has 2 heterocycles. The van der Waals surface area contributed by atoms with E-state index in [4.69, 9.17) is 5.73 Å². The van der Waals surface area contributed by atoms with Crippen LogP contribution in [0.1, 0.15) is 50.4 Å². The van der Waals surface area contributed by atoms with Crippen molar-refractivity contribution in [2.45, 2.75) is 51.6 Å². The first kappa shape index (κ1) is 17.0. The zero-order valence-corrected chi connectivity index (χ0v) is 13.3. The molecular formula is C14H25ClN4O. The molecule has 114 valence electrons. The van der Waals surface area contributed by atoms with Gasteiger partial charge >= 0.3 is 0 Å². The first-order chi connectivity index (χ1) is 8.93. The van der Waals surface area contributed by atoms with Crippen molar-refractivity contribution in [1.82, 2.24) is 14.7 Å². The van der Waals surface area contributed by atoms with Crippen LogP contribution in [0.5, 0.6) is 0 Å². The van der Waals surface area contributed by atoms with E-state index in [1.54, 1.807) is 6.20 Å². The third-order valence-electron chi connectivity index (χ3n) is 3.68. The van der Waals surface area contributed by atoms with E-state index in [9.17, 15) is 4.79 Å². The van der Waals surface area contributed by atoms with Crippen LogP contribution >= 0.6 is 12.4 Å². The fourth-order valence-electron chi connectivity index (χ4n) is 2.48. The van der Waals surface area contributed by atoms with Gasteiger partial charge in [0, 0.05) is 25.3 Å². The Balaban J connectivity index is 0.00000200. The van der Waals surface area contributed by atoms with Gasteiger partial charge in [-0.15, -0.1) is 12.4 Å². The highest BCUT2D eigenvalue weighted by molar-refractivity contribution is 5.94. The number of aromatic nitrogens is 2. The predicted octanol–water partition coefficient (Wildman–Crippen LogP) is 2.01. The largest absolute Gasteiger partial charge is 0.334 e. The molecule has 0 aromatic carbocycles. The van der Waals surface area contributed by atoms with Crippen LogP contribution in [0.3, 0.4) is 0 Å². The van der Waals surface area contributed by atoms with Gasteiger partial charge in [0.25, 0.3) is 5.91 Å². The van der Waals surface area contributed by atoms with Crippen molar-refractivity contribution in [2.75, 3.05) is 13.1 Å². The second kappa shape index (κ2) is 6.59. The van der Waals surface area contributed by atoms with Gasteiger partial charge in [0.2, 0.25) is 0 Å². The Morgan fingerprint density at radius 2 is 2.15 bits per heavy atom. The number of halogens is 1. The van der Waals surface area contributed by atoms with E-state index in [0.717, 1.165) is 25.8 Å². The molecule has 1 fully saturated rings. The zero-order valence-electron chi connectivity index (χ0n) is 12.5. The summed E-state index contributed by atoms with van der Waals surface area (Å²) < 4.78 is 1.83. The Bertz CT molecular complexity index is 452. The molecule has 0 radical (unpaired) electrons. The van der Waals surface area contributed by atoms with E-state index in [0.29, 0.717) is 12.1 Å². The zero-order chi connectivity index (χ0) is 14.0. The highest BCUT2D eigenvalue weighted by Crippen LogP contribution is 2.20. The average Bonchev–Trinajstić information content (AvgIpc) is 2.87. The van der Waals surface area contributed by atoms with Crippen LogP contribution in [0.4, 0.5) is 0 Å². The number of hydrogen-bond donors (Lipinski definition) is 1. The summed E-state index contributed by atoms with van der Waals surface area (Å²) in [5, 5.41) is 4.29. The summed E-state index contributed by atoms with van der Waals surface area (Å²) in [6.07, 6.45) is 6.73. The molecule has 1 aromatic heterocycles. The number of nitrogens with two attached hydrogens (primary N) is 1. The van der Waals surface area contributed by atoms with Crippen LogP contribution < -0.4 is 5.73 Å². The van der Waals surface area contributed by atoms with Gasteiger partial charge in [0.1, 0.15) is 0 Å². The van der Waals surface area contributed by atoms with Gasteiger partial charge in [-0.2, -0.15) is 5.10 Å². The predicted molar refractivity (Wildman–Crippen MR) is 82.2 cm³/mol. The second-order valence-corrected chi connectivity index (χ2v) is 6.23. The smallest absolute Gasteiger partial charge is 0.257 e. The van der Waals surface area contributed by atoms with Crippen molar-refractivity contribution in [2.24, 2.45) is 5.73 Å². The lowest BCUT2D eigenvalue weighted by molar-refractivity contribution is 0.0623. The number of nitrogens with zero attached hydrogens (tertiary/aromatic N) is 3. The van der Waals surface area contributed by atoms with Crippen LogP contribution in [0, 0.1) is 0 Å². The number of carbonyl (C=O) groups excluding carboxylic acids is 1. The van der Waals surface area contributed by atoms with E-state index in [-0.39, 0.29) is 29.9 Å². The summed E-state index contributed by atoms with van der Waals surface area (Å²) in [7, 11) is 0. The number of rotatable bonds is 2. The van der Waals surface area contributed by atoms with Gasteiger partial charge in [-0.25, -0.2) is 0 Å². The number of likely N-dealkylation sites (tertiary alicyclic amines) is 1. The lowest BCUT2D eigenvalue weighted by Crippen LogP contribution is -2.47. The summed E-state index contributed by atoms with van der Waals surface area (Å²) in [5.41, 5.74) is 6.33. The summed E-state index contributed by atoms with van der Waals surface area (Å²) in [5.74, 6) is 0.0608. The van der Waals surface area contributed by atoms with Gasteiger partial charge in [0.15, 0.2) is 0 Å². The molecule has 0 saturated carbocycles. The normalized spacial score (nSPS) is 19.6. The molecule has 1 amide bonds. The Morgan fingerprint density at radius 1 is 1.45 bits per heavy atom. The molecule has 0 spiro atoms. The molecule has 20 heavy (non-hydrogen) atoms. The Morgan fingerprint density at radius 3 is 2.70 bits per heavy atom. The SMILES string of the molecule is CC(C)(C)n1cc(C(=O)N2CCCCC2CN)cn1.Cl.